The first-order valence-electron chi connectivity index (χ1n) is 9.27. The number of nitrogens with one attached hydrogen (secondary N) is 3. The summed E-state index contributed by atoms with van der Waals surface area (Å²) < 4.78 is 13.2. The van der Waals surface area contributed by atoms with Gasteiger partial charge in [0.2, 0.25) is 11.8 Å². The SMILES string of the molecule is C[C@H](NC(=O)[C@H](N)CCc1cccc(F)c1)C(=O)NCc1ccc(C(=N)N)cc1. The molecule has 0 aliphatic carbocycles. The van der Waals surface area contributed by atoms with E-state index in [0.717, 1.165) is 11.1 Å². The number of amidine groups is 1. The fourth-order valence-corrected chi connectivity index (χ4v) is 2.68. The molecule has 0 radical (unpaired) electrons. The molecule has 0 fully saturated rings. The van der Waals surface area contributed by atoms with Gasteiger partial charge in [-0.1, -0.05) is 36.4 Å². The highest BCUT2D eigenvalue weighted by atomic mass is 19.1. The summed E-state index contributed by atoms with van der Waals surface area (Å²) in [4.78, 5) is 24.4. The van der Waals surface area contributed by atoms with Gasteiger partial charge in [-0.2, -0.15) is 0 Å². The highest BCUT2D eigenvalue weighted by Gasteiger charge is 2.20. The molecule has 2 atom stereocenters. The Kier molecular flexibility index (Phi) is 7.85. The van der Waals surface area contributed by atoms with Gasteiger partial charge in [-0.25, -0.2) is 4.39 Å². The summed E-state index contributed by atoms with van der Waals surface area (Å²) in [5, 5.41) is 12.7. The number of carbonyl (C=O) groups is 2. The van der Waals surface area contributed by atoms with Gasteiger partial charge >= 0.3 is 0 Å². The molecule has 154 valence electrons. The number of hydrogen-bond acceptors (Lipinski definition) is 4. The molecule has 0 aromatic heterocycles. The molecule has 0 aliphatic rings. The number of nitrogens with two attached hydrogens (primary N) is 2. The van der Waals surface area contributed by atoms with Crippen LogP contribution in [0, 0.1) is 11.2 Å². The van der Waals surface area contributed by atoms with Crippen molar-refractivity contribution in [3.63, 3.8) is 0 Å². The summed E-state index contributed by atoms with van der Waals surface area (Å²) in [7, 11) is 0. The summed E-state index contributed by atoms with van der Waals surface area (Å²) in [5.41, 5.74) is 13.5. The van der Waals surface area contributed by atoms with Crippen molar-refractivity contribution in [3.8, 4) is 0 Å². The minimum atomic E-state index is -0.798. The Morgan fingerprint density at radius 1 is 1.10 bits per heavy atom. The second-order valence-electron chi connectivity index (χ2n) is 6.83. The number of benzene rings is 2. The lowest BCUT2D eigenvalue weighted by molar-refractivity contribution is -0.129. The number of aryl methyl sites for hydroxylation is 1. The van der Waals surface area contributed by atoms with Crippen molar-refractivity contribution in [1.82, 2.24) is 10.6 Å². The molecule has 2 rings (SSSR count). The highest BCUT2D eigenvalue weighted by molar-refractivity contribution is 5.94. The van der Waals surface area contributed by atoms with E-state index in [9.17, 15) is 14.0 Å². The van der Waals surface area contributed by atoms with E-state index in [1.165, 1.54) is 12.1 Å². The molecule has 0 aliphatic heterocycles. The Balaban J connectivity index is 1.77. The normalized spacial score (nSPS) is 12.7. The van der Waals surface area contributed by atoms with Gasteiger partial charge in [0.05, 0.1) is 6.04 Å². The Morgan fingerprint density at radius 3 is 2.41 bits per heavy atom. The van der Waals surface area contributed by atoms with Crippen LogP contribution in [-0.4, -0.2) is 29.7 Å². The maximum atomic E-state index is 13.2. The van der Waals surface area contributed by atoms with Crippen LogP contribution in [0.3, 0.4) is 0 Å². The molecule has 8 heteroatoms. The van der Waals surface area contributed by atoms with Crippen LogP contribution < -0.4 is 22.1 Å². The second-order valence-corrected chi connectivity index (χ2v) is 6.83. The van der Waals surface area contributed by atoms with Crippen molar-refractivity contribution in [3.05, 3.63) is 71.0 Å². The molecule has 0 bridgehead atoms. The molecule has 0 spiro atoms. The minimum Gasteiger partial charge on any atom is -0.384 e. The fraction of sp³-hybridized carbons (Fsp3) is 0.286. The standard InChI is InChI=1S/C21H26FN5O2/c1-13(20(28)26-12-15-5-8-16(9-6-15)19(24)25)27-21(29)18(23)10-7-14-3-2-4-17(22)11-14/h2-6,8-9,11,13,18H,7,10,12,23H2,1H3,(H3,24,25)(H,26,28)(H,27,29)/t13-,18+/m0/s1. The van der Waals surface area contributed by atoms with Crippen LogP contribution in [0.5, 0.6) is 0 Å². The van der Waals surface area contributed by atoms with Crippen molar-refractivity contribution in [1.29, 1.82) is 5.41 Å². The molecule has 0 saturated heterocycles. The third kappa shape index (κ3) is 7.00. The molecular formula is C21H26FN5O2. The first kappa shape index (κ1) is 22.0. The Hall–Kier alpha value is -3.26. The quantitative estimate of drug-likeness (QED) is 0.320. The monoisotopic (exact) mass is 399 g/mol. The molecule has 2 aromatic carbocycles. The molecule has 0 saturated carbocycles. The smallest absolute Gasteiger partial charge is 0.242 e. The summed E-state index contributed by atoms with van der Waals surface area (Å²) in [6.45, 7) is 1.86. The lowest BCUT2D eigenvalue weighted by Crippen LogP contribution is -2.50. The van der Waals surface area contributed by atoms with E-state index in [4.69, 9.17) is 16.9 Å². The van der Waals surface area contributed by atoms with Crippen molar-refractivity contribution in [2.75, 3.05) is 0 Å². The van der Waals surface area contributed by atoms with Gasteiger partial charge in [0.15, 0.2) is 0 Å². The molecule has 0 unspecified atom stereocenters. The van der Waals surface area contributed by atoms with Crippen LogP contribution in [0.25, 0.3) is 0 Å². The molecule has 0 heterocycles. The van der Waals surface area contributed by atoms with E-state index >= 15 is 0 Å². The van der Waals surface area contributed by atoms with Crippen LogP contribution in [-0.2, 0) is 22.6 Å². The summed E-state index contributed by atoms with van der Waals surface area (Å²) in [6, 6.07) is 11.5. The fourth-order valence-electron chi connectivity index (χ4n) is 2.68. The number of carbonyl (C=O) groups excluding carboxylic acids is 2. The van der Waals surface area contributed by atoms with Crippen LogP contribution in [0.15, 0.2) is 48.5 Å². The van der Waals surface area contributed by atoms with Gasteiger partial charge in [0.25, 0.3) is 0 Å². The van der Waals surface area contributed by atoms with Crippen LogP contribution >= 0.6 is 0 Å². The van der Waals surface area contributed by atoms with Gasteiger partial charge < -0.3 is 22.1 Å². The predicted octanol–water partition coefficient (Wildman–Crippen LogP) is 1.19. The van der Waals surface area contributed by atoms with Gasteiger partial charge in [0.1, 0.15) is 17.7 Å². The Bertz CT molecular complexity index is 870. The number of nitrogen functional groups attached to an aromatic ring is 1. The predicted molar refractivity (Wildman–Crippen MR) is 110 cm³/mol. The van der Waals surface area contributed by atoms with Crippen molar-refractivity contribution in [2.45, 2.75) is 38.4 Å². The zero-order valence-corrected chi connectivity index (χ0v) is 16.2. The molecule has 7 nitrogen and oxygen atoms in total. The zero-order chi connectivity index (χ0) is 21.4. The summed E-state index contributed by atoms with van der Waals surface area (Å²) in [5.74, 6) is -1.13. The van der Waals surface area contributed by atoms with Crippen molar-refractivity contribution < 1.29 is 14.0 Å². The van der Waals surface area contributed by atoms with E-state index in [2.05, 4.69) is 10.6 Å². The van der Waals surface area contributed by atoms with Crippen LogP contribution in [0.4, 0.5) is 4.39 Å². The average molecular weight is 399 g/mol. The molecule has 2 amide bonds. The van der Waals surface area contributed by atoms with Gasteiger partial charge in [-0.05, 0) is 43.0 Å². The van der Waals surface area contributed by atoms with Gasteiger partial charge in [-0.3, -0.25) is 15.0 Å². The maximum Gasteiger partial charge on any atom is 0.242 e. The number of hydrogen-bond donors (Lipinski definition) is 5. The molecule has 7 N–H and O–H groups in total. The highest BCUT2D eigenvalue weighted by Crippen LogP contribution is 2.08. The van der Waals surface area contributed by atoms with E-state index in [0.29, 0.717) is 18.4 Å². The Morgan fingerprint density at radius 2 is 1.79 bits per heavy atom. The average Bonchev–Trinajstić information content (AvgIpc) is 2.70. The zero-order valence-electron chi connectivity index (χ0n) is 16.2. The van der Waals surface area contributed by atoms with Gasteiger partial charge in [-0.15, -0.1) is 0 Å². The number of amides is 2. The van der Waals surface area contributed by atoms with Crippen LogP contribution in [0.2, 0.25) is 0 Å². The van der Waals surface area contributed by atoms with Crippen LogP contribution in [0.1, 0.15) is 30.0 Å². The summed E-state index contributed by atoms with van der Waals surface area (Å²) in [6.07, 6.45) is 0.801. The summed E-state index contributed by atoms with van der Waals surface area (Å²) >= 11 is 0. The maximum absolute atomic E-state index is 13.2. The number of halogens is 1. The van der Waals surface area contributed by atoms with Crippen molar-refractivity contribution >= 4 is 17.6 Å². The largest absolute Gasteiger partial charge is 0.384 e. The Labute approximate surface area is 169 Å². The van der Waals surface area contributed by atoms with E-state index in [-0.39, 0.29) is 24.1 Å². The number of rotatable bonds is 9. The van der Waals surface area contributed by atoms with Gasteiger partial charge in [0, 0.05) is 12.1 Å². The van der Waals surface area contributed by atoms with E-state index in [1.54, 1.807) is 43.3 Å². The minimum absolute atomic E-state index is 0.0225. The lowest BCUT2D eigenvalue weighted by atomic mass is 10.0. The first-order valence-corrected chi connectivity index (χ1v) is 9.27. The molecule has 29 heavy (non-hydrogen) atoms. The van der Waals surface area contributed by atoms with E-state index < -0.39 is 18.0 Å². The lowest BCUT2D eigenvalue weighted by Gasteiger charge is -2.17. The second kappa shape index (κ2) is 10.3. The van der Waals surface area contributed by atoms with Crippen molar-refractivity contribution in [2.24, 2.45) is 11.5 Å². The first-order chi connectivity index (χ1) is 13.8. The molecular weight excluding hydrogens is 373 g/mol. The third-order valence-electron chi connectivity index (χ3n) is 4.45. The third-order valence-corrected chi connectivity index (χ3v) is 4.45. The van der Waals surface area contributed by atoms with E-state index in [1.807, 2.05) is 0 Å². The molecule has 2 aromatic rings. The topological polar surface area (TPSA) is 134 Å².